The minimum absolute atomic E-state index is 0.0633. The molecule has 21 heavy (non-hydrogen) atoms. The highest BCUT2D eigenvalue weighted by atomic mass is 32.2. The fraction of sp³-hybridized carbons (Fsp3) is 0.500. The van der Waals surface area contributed by atoms with Crippen molar-refractivity contribution in [3.63, 3.8) is 0 Å². The maximum Gasteiger partial charge on any atom is 0.327 e. The maximum atomic E-state index is 12.4. The number of piperazine rings is 1. The van der Waals surface area contributed by atoms with Crippen LogP contribution in [0.3, 0.4) is 0 Å². The van der Waals surface area contributed by atoms with Gasteiger partial charge in [0.05, 0.1) is 16.3 Å². The molecular weight excluding hydrogens is 292 g/mol. The predicted molar refractivity (Wildman–Crippen MR) is 80.4 cm³/mol. The monoisotopic (exact) mass is 312 g/mol. The van der Waals surface area contributed by atoms with Gasteiger partial charge in [-0.3, -0.25) is 0 Å². The van der Waals surface area contributed by atoms with Gasteiger partial charge < -0.3 is 15.3 Å². The van der Waals surface area contributed by atoms with Crippen LogP contribution in [-0.4, -0.2) is 50.9 Å². The second kappa shape index (κ2) is 6.44. The molecule has 0 radical (unpaired) electrons. The molecule has 0 bridgehead atoms. The summed E-state index contributed by atoms with van der Waals surface area (Å²) in [6.45, 7) is 3.21. The lowest BCUT2D eigenvalue weighted by atomic mass is 10.1. The van der Waals surface area contributed by atoms with Crippen LogP contribution in [0.1, 0.15) is 13.3 Å². The van der Waals surface area contributed by atoms with Crippen LogP contribution in [0.2, 0.25) is 0 Å². The van der Waals surface area contributed by atoms with Crippen molar-refractivity contribution in [1.29, 1.82) is 0 Å². The molecule has 1 aromatic rings. The Kier molecular flexibility index (Phi) is 4.84. The number of nitrogens with zero attached hydrogens (tertiary/aromatic N) is 1. The van der Waals surface area contributed by atoms with Gasteiger partial charge >= 0.3 is 5.97 Å². The van der Waals surface area contributed by atoms with E-state index in [-0.39, 0.29) is 10.6 Å². The molecule has 0 spiro atoms. The Morgan fingerprint density at radius 3 is 2.81 bits per heavy atom. The Morgan fingerprint density at radius 2 is 2.14 bits per heavy atom. The zero-order valence-corrected chi connectivity index (χ0v) is 12.8. The first-order chi connectivity index (χ1) is 9.97. The van der Waals surface area contributed by atoms with Gasteiger partial charge in [0.1, 0.15) is 6.04 Å². The first-order valence-electron chi connectivity index (χ1n) is 6.99. The molecule has 116 valence electrons. The van der Waals surface area contributed by atoms with Gasteiger partial charge in [0, 0.05) is 19.6 Å². The minimum atomic E-state index is -3.39. The van der Waals surface area contributed by atoms with Gasteiger partial charge in [0.15, 0.2) is 9.84 Å². The van der Waals surface area contributed by atoms with E-state index < -0.39 is 21.8 Å². The van der Waals surface area contributed by atoms with Crippen molar-refractivity contribution in [2.75, 3.05) is 30.3 Å². The summed E-state index contributed by atoms with van der Waals surface area (Å²) in [4.78, 5) is 13.3. The summed E-state index contributed by atoms with van der Waals surface area (Å²) in [5.74, 6) is -0.890. The molecule has 2 rings (SSSR count). The summed E-state index contributed by atoms with van der Waals surface area (Å²) in [7, 11) is -3.39. The van der Waals surface area contributed by atoms with E-state index in [0.717, 1.165) is 0 Å². The van der Waals surface area contributed by atoms with E-state index in [9.17, 15) is 18.3 Å². The molecule has 1 unspecified atom stereocenters. The van der Waals surface area contributed by atoms with Crippen LogP contribution in [-0.2, 0) is 14.6 Å². The Balaban J connectivity index is 2.46. The summed E-state index contributed by atoms with van der Waals surface area (Å²) in [5.41, 5.74) is 0.486. The van der Waals surface area contributed by atoms with E-state index in [0.29, 0.717) is 31.7 Å². The molecule has 0 aliphatic carbocycles. The van der Waals surface area contributed by atoms with Crippen LogP contribution in [0.25, 0.3) is 0 Å². The van der Waals surface area contributed by atoms with Crippen molar-refractivity contribution >= 4 is 21.5 Å². The highest BCUT2D eigenvalue weighted by Crippen LogP contribution is 2.28. The number of sulfone groups is 1. The van der Waals surface area contributed by atoms with E-state index >= 15 is 0 Å². The first-order valence-corrected chi connectivity index (χ1v) is 8.64. The molecule has 0 aromatic heterocycles. The lowest BCUT2D eigenvalue weighted by molar-refractivity contribution is -0.138. The molecule has 1 saturated heterocycles. The van der Waals surface area contributed by atoms with Crippen LogP contribution >= 0.6 is 0 Å². The van der Waals surface area contributed by atoms with Crippen molar-refractivity contribution < 1.29 is 18.3 Å². The van der Waals surface area contributed by atoms with Gasteiger partial charge in [-0.05, 0) is 18.6 Å². The number of benzene rings is 1. The van der Waals surface area contributed by atoms with E-state index in [2.05, 4.69) is 5.32 Å². The van der Waals surface area contributed by atoms with Gasteiger partial charge in [-0.1, -0.05) is 19.1 Å². The summed E-state index contributed by atoms with van der Waals surface area (Å²) in [6, 6.07) is 5.90. The van der Waals surface area contributed by atoms with Crippen LogP contribution in [0, 0.1) is 0 Å². The number of aliphatic carboxylic acids is 1. The fourth-order valence-corrected chi connectivity index (χ4v) is 4.10. The number of rotatable bonds is 5. The highest BCUT2D eigenvalue weighted by molar-refractivity contribution is 7.91. The van der Waals surface area contributed by atoms with E-state index in [1.54, 1.807) is 29.2 Å². The van der Waals surface area contributed by atoms with Gasteiger partial charge in [0.2, 0.25) is 0 Å². The molecule has 0 amide bonds. The molecule has 1 atom stereocenters. The molecule has 0 saturated carbocycles. The second-order valence-electron chi connectivity index (χ2n) is 5.04. The third-order valence-electron chi connectivity index (χ3n) is 3.51. The van der Waals surface area contributed by atoms with Gasteiger partial charge in [-0.25, -0.2) is 13.2 Å². The highest BCUT2D eigenvalue weighted by Gasteiger charge is 2.31. The largest absolute Gasteiger partial charge is 0.480 e. The average molecular weight is 312 g/mol. The Hall–Kier alpha value is -1.60. The summed E-state index contributed by atoms with van der Waals surface area (Å²) < 4.78 is 24.8. The molecule has 1 aromatic carbocycles. The van der Waals surface area contributed by atoms with Crippen LogP contribution in [0.15, 0.2) is 29.2 Å². The molecule has 6 nitrogen and oxygen atoms in total. The maximum absolute atomic E-state index is 12.4. The summed E-state index contributed by atoms with van der Waals surface area (Å²) in [5, 5.41) is 12.4. The molecular formula is C14H20N2O4S. The van der Waals surface area contributed by atoms with Crippen molar-refractivity contribution in [2.45, 2.75) is 24.3 Å². The third kappa shape index (κ3) is 3.36. The summed E-state index contributed by atoms with van der Waals surface area (Å²) >= 11 is 0. The van der Waals surface area contributed by atoms with Crippen LogP contribution < -0.4 is 10.2 Å². The number of carboxylic acid groups (broad SMARTS) is 1. The zero-order chi connectivity index (χ0) is 15.5. The Bertz CT molecular complexity index is 615. The quantitative estimate of drug-likeness (QED) is 0.834. The van der Waals surface area contributed by atoms with E-state index in [1.165, 1.54) is 0 Å². The molecule has 2 N–H and O–H groups in total. The number of anilines is 1. The number of hydrogen-bond donors (Lipinski definition) is 2. The smallest absolute Gasteiger partial charge is 0.327 e. The zero-order valence-electron chi connectivity index (χ0n) is 11.9. The van der Waals surface area contributed by atoms with Crippen molar-refractivity contribution in [2.24, 2.45) is 0 Å². The molecule has 7 heteroatoms. The standard InChI is InChI=1S/C14H20N2O4S/c1-2-9-21(19,20)13-6-4-3-5-11(13)16-8-7-15-10-12(16)14(17)18/h3-6,12,15H,2,7-10H2,1H3,(H,17,18). The van der Waals surface area contributed by atoms with Crippen molar-refractivity contribution in [1.82, 2.24) is 5.32 Å². The number of carbonyl (C=O) groups is 1. The third-order valence-corrected chi connectivity index (χ3v) is 5.47. The molecule has 1 aliphatic heterocycles. The first kappa shape index (κ1) is 15.8. The van der Waals surface area contributed by atoms with Gasteiger partial charge in [0.25, 0.3) is 0 Å². The SMILES string of the molecule is CCCS(=O)(=O)c1ccccc1N1CCNCC1C(=O)O. The van der Waals surface area contributed by atoms with Crippen LogP contribution in [0.4, 0.5) is 5.69 Å². The number of hydrogen-bond acceptors (Lipinski definition) is 5. The molecule has 1 fully saturated rings. The second-order valence-corrected chi connectivity index (χ2v) is 7.12. The van der Waals surface area contributed by atoms with E-state index in [1.807, 2.05) is 6.92 Å². The normalized spacial score (nSPS) is 19.5. The molecule has 1 heterocycles. The Morgan fingerprint density at radius 1 is 1.43 bits per heavy atom. The van der Waals surface area contributed by atoms with Gasteiger partial charge in [-0.15, -0.1) is 0 Å². The van der Waals surface area contributed by atoms with E-state index in [4.69, 9.17) is 0 Å². The topological polar surface area (TPSA) is 86.7 Å². The lowest BCUT2D eigenvalue weighted by Crippen LogP contribution is -2.55. The number of nitrogens with one attached hydrogen (secondary N) is 1. The number of carboxylic acids is 1. The van der Waals surface area contributed by atoms with Crippen LogP contribution in [0.5, 0.6) is 0 Å². The summed E-state index contributed by atoms with van der Waals surface area (Å²) in [6.07, 6.45) is 0.528. The van der Waals surface area contributed by atoms with Crippen molar-refractivity contribution in [3.8, 4) is 0 Å². The lowest BCUT2D eigenvalue weighted by Gasteiger charge is -2.36. The number of para-hydroxylation sites is 1. The van der Waals surface area contributed by atoms with Crippen molar-refractivity contribution in [3.05, 3.63) is 24.3 Å². The predicted octanol–water partition coefficient (Wildman–Crippen LogP) is 0.733. The minimum Gasteiger partial charge on any atom is -0.480 e. The molecule has 1 aliphatic rings. The van der Waals surface area contributed by atoms with Gasteiger partial charge in [-0.2, -0.15) is 0 Å². The Labute approximate surface area is 124 Å². The average Bonchev–Trinajstić information content (AvgIpc) is 2.47. The fourth-order valence-electron chi connectivity index (χ4n) is 2.55.